The van der Waals surface area contributed by atoms with Crippen LogP contribution in [0.3, 0.4) is 0 Å². The second-order valence-electron chi connectivity index (χ2n) is 6.57. The largest absolute Gasteiger partial charge is 0.511 e. The standard InChI is InChI=1S/C18H20F2O6/c1-17(2,3)26-16(22)25-14-9-10-18(19,20)13(24-14)11-23-15(21)12-7-5-4-6-8-12/h4-10,13-14H,11H2,1-3H3/t13-,14?/m1/s1. The fourth-order valence-corrected chi connectivity index (χ4v) is 2.01. The molecule has 0 aliphatic carbocycles. The molecule has 0 saturated carbocycles. The Labute approximate surface area is 149 Å². The molecule has 0 fully saturated rings. The first-order valence-electron chi connectivity index (χ1n) is 7.91. The van der Waals surface area contributed by atoms with Crippen molar-refractivity contribution in [2.75, 3.05) is 6.61 Å². The van der Waals surface area contributed by atoms with Gasteiger partial charge in [-0.1, -0.05) is 18.2 Å². The molecular weight excluding hydrogens is 350 g/mol. The summed E-state index contributed by atoms with van der Waals surface area (Å²) in [5.74, 6) is -4.14. The van der Waals surface area contributed by atoms with Gasteiger partial charge >= 0.3 is 12.1 Å². The van der Waals surface area contributed by atoms with Gasteiger partial charge < -0.3 is 18.9 Å². The molecule has 0 bridgehead atoms. The molecule has 1 aliphatic rings. The zero-order chi connectivity index (χ0) is 19.4. The van der Waals surface area contributed by atoms with Crippen LogP contribution in [0.15, 0.2) is 42.5 Å². The van der Waals surface area contributed by atoms with Crippen molar-refractivity contribution in [3.05, 3.63) is 48.0 Å². The summed E-state index contributed by atoms with van der Waals surface area (Å²) in [4.78, 5) is 23.5. The Hall–Kier alpha value is -2.48. The lowest BCUT2D eigenvalue weighted by molar-refractivity contribution is -0.208. The van der Waals surface area contributed by atoms with Crippen LogP contribution < -0.4 is 0 Å². The highest BCUT2D eigenvalue weighted by molar-refractivity contribution is 5.89. The zero-order valence-electron chi connectivity index (χ0n) is 14.6. The van der Waals surface area contributed by atoms with Gasteiger partial charge in [0.25, 0.3) is 5.92 Å². The van der Waals surface area contributed by atoms with Crippen LogP contribution in [0, 0.1) is 0 Å². The van der Waals surface area contributed by atoms with Gasteiger partial charge in [-0.05, 0) is 45.1 Å². The Kier molecular flexibility index (Phi) is 5.97. The van der Waals surface area contributed by atoms with Crippen LogP contribution in [0.4, 0.5) is 13.6 Å². The van der Waals surface area contributed by atoms with E-state index in [2.05, 4.69) is 0 Å². The molecule has 0 saturated heterocycles. The van der Waals surface area contributed by atoms with Gasteiger partial charge in [0.05, 0.1) is 5.56 Å². The van der Waals surface area contributed by atoms with E-state index < -0.39 is 42.6 Å². The molecule has 1 aromatic carbocycles. The predicted octanol–water partition coefficient (Wildman–Crippen LogP) is 3.71. The van der Waals surface area contributed by atoms with E-state index in [0.29, 0.717) is 6.08 Å². The van der Waals surface area contributed by atoms with Gasteiger partial charge in [-0.3, -0.25) is 0 Å². The van der Waals surface area contributed by atoms with Crippen molar-refractivity contribution in [1.82, 2.24) is 0 Å². The number of carbonyl (C=O) groups excluding carboxylic acids is 2. The fraction of sp³-hybridized carbons (Fsp3) is 0.444. The number of benzene rings is 1. The second-order valence-corrected chi connectivity index (χ2v) is 6.57. The molecule has 2 rings (SSSR count). The quantitative estimate of drug-likeness (QED) is 0.594. The Morgan fingerprint density at radius 1 is 1.19 bits per heavy atom. The summed E-state index contributed by atoms with van der Waals surface area (Å²) < 4.78 is 47.6. The second kappa shape index (κ2) is 7.82. The van der Waals surface area contributed by atoms with Crippen molar-refractivity contribution in [3.8, 4) is 0 Å². The smallest absolute Gasteiger partial charge is 0.459 e. The first-order chi connectivity index (χ1) is 12.1. The van der Waals surface area contributed by atoms with E-state index in [9.17, 15) is 18.4 Å². The molecule has 0 aromatic heterocycles. The van der Waals surface area contributed by atoms with Crippen LogP contribution in [0.5, 0.6) is 0 Å². The van der Waals surface area contributed by atoms with Gasteiger partial charge in [0.15, 0.2) is 6.10 Å². The van der Waals surface area contributed by atoms with Gasteiger partial charge in [0.2, 0.25) is 6.29 Å². The summed E-state index contributed by atoms with van der Waals surface area (Å²) in [6, 6.07) is 7.94. The molecule has 26 heavy (non-hydrogen) atoms. The minimum atomic E-state index is -3.38. The molecule has 0 amide bonds. The lowest BCUT2D eigenvalue weighted by Gasteiger charge is -2.31. The molecule has 0 radical (unpaired) electrons. The van der Waals surface area contributed by atoms with Crippen molar-refractivity contribution >= 4 is 12.1 Å². The maximum Gasteiger partial charge on any atom is 0.511 e. The van der Waals surface area contributed by atoms with E-state index in [1.807, 2.05) is 0 Å². The lowest BCUT2D eigenvalue weighted by Crippen LogP contribution is -2.45. The SMILES string of the molecule is CC(C)(C)OC(=O)OC1C=CC(F)(F)[C@@H](COC(=O)c2ccccc2)O1. The lowest BCUT2D eigenvalue weighted by atomic mass is 10.1. The Morgan fingerprint density at radius 2 is 1.85 bits per heavy atom. The first-order valence-corrected chi connectivity index (χ1v) is 7.91. The van der Waals surface area contributed by atoms with Crippen molar-refractivity contribution in [2.45, 2.75) is 44.7 Å². The minimum absolute atomic E-state index is 0.226. The minimum Gasteiger partial charge on any atom is -0.459 e. The number of esters is 1. The van der Waals surface area contributed by atoms with Crippen LogP contribution >= 0.6 is 0 Å². The molecule has 0 N–H and O–H groups in total. The number of ether oxygens (including phenoxy) is 4. The van der Waals surface area contributed by atoms with Crippen molar-refractivity contribution < 1.29 is 37.3 Å². The summed E-state index contributed by atoms with van der Waals surface area (Å²) in [6.07, 6.45) is -2.78. The van der Waals surface area contributed by atoms with Gasteiger partial charge in [0.1, 0.15) is 12.2 Å². The van der Waals surface area contributed by atoms with E-state index in [0.717, 1.165) is 6.08 Å². The maximum absolute atomic E-state index is 13.9. The summed E-state index contributed by atoms with van der Waals surface area (Å²) in [5.41, 5.74) is -0.576. The Bertz CT molecular complexity index is 666. The molecular formula is C18H20F2O6. The average Bonchev–Trinajstić information content (AvgIpc) is 2.54. The third-order valence-corrected chi connectivity index (χ3v) is 3.18. The monoisotopic (exact) mass is 370 g/mol. The number of rotatable bonds is 4. The predicted molar refractivity (Wildman–Crippen MR) is 86.8 cm³/mol. The van der Waals surface area contributed by atoms with E-state index in [1.54, 1.807) is 39.0 Å². The van der Waals surface area contributed by atoms with Crippen molar-refractivity contribution in [2.24, 2.45) is 0 Å². The molecule has 0 spiro atoms. The van der Waals surface area contributed by atoms with Gasteiger partial charge in [0, 0.05) is 0 Å². The average molecular weight is 370 g/mol. The van der Waals surface area contributed by atoms with Crippen LogP contribution in [0.25, 0.3) is 0 Å². The molecule has 1 unspecified atom stereocenters. The molecule has 142 valence electrons. The molecule has 8 heteroatoms. The molecule has 1 heterocycles. The summed E-state index contributed by atoms with van der Waals surface area (Å²) >= 11 is 0. The number of carbonyl (C=O) groups is 2. The van der Waals surface area contributed by atoms with Crippen LogP contribution in [-0.4, -0.2) is 42.6 Å². The van der Waals surface area contributed by atoms with Crippen molar-refractivity contribution in [3.63, 3.8) is 0 Å². The molecule has 1 aromatic rings. The highest BCUT2D eigenvalue weighted by atomic mass is 19.3. The van der Waals surface area contributed by atoms with Crippen LogP contribution in [-0.2, 0) is 18.9 Å². The van der Waals surface area contributed by atoms with Gasteiger partial charge in [-0.25, -0.2) is 9.59 Å². The number of alkyl halides is 2. The highest BCUT2D eigenvalue weighted by Gasteiger charge is 2.44. The normalized spacial score (nSPS) is 21.7. The third-order valence-electron chi connectivity index (χ3n) is 3.18. The van der Waals surface area contributed by atoms with E-state index in [1.165, 1.54) is 12.1 Å². The van der Waals surface area contributed by atoms with Crippen LogP contribution in [0.2, 0.25) is 0 Å². The van der Waals surface area contributed by atoms with E-state index in [-0.39, 0.29) is 5.56 Å². The Morgan fingerprint density at radius 3 is 2.46 bits per heavy atom. The van der Waals surface area contributed by atoms with Crippen LogP contribution in [0.1, 0.15) is 31.1 Å². The van der Waals surface area contributed by atoms with Gasteiger partial charge in [-0.15, -0.1) is 0 Å². The number of halogens is 2. The molecule has 1 aliphatic heterocycles. The van der Waals surface area contributed by atoms with Gasteiger partial charge in [-0.2, -0.15) is 8.78 Å². The topological polar surface area (TPSA) is 71.1 Å². The molecule has 6 nitrogen and oxygen atoms in total. The first kappa shape index (κ1) is 19.8. The van der Waals surface area contributed by atoms with E-state index >= 15 is 0 Å². The summed E-state index contributed by atoms with van der Waals surface area (Å²) in [6.45, 7) is 4.18. The fourth-order valence-electron chi connectivity index (χ4n) is 2.01. The summed E-state index contributed by atoms with van der Waals surface area (Å²) in [7, 11) is 0. The van der Waals surface area contributed by atoms with Crippen molar-refractivity contribution in [1.29, 1.82) is 0 Å². The number of hydrogen-bond donors (Lipinski definition) is 0. The highest BCUT2D eigenvalue weighted by Crippen LogP contribution is 2.30. The third kappa shape index (κ3) is 5.80. The summed E-state index contributed by atoms with van der Waals surface area (Å²) in [5, 5.41) is 0. The molecule has 2 atom stereocenters. The zero-order valence-corrected chi connectivity index (χ0v) is 14.6. The van der Waals surface area contributed by atoms with E-state index in [4.69, 9.17) is 18.9 Å². The number of hydrogen-bond acceptors (Lipinski definition) is 6. The Balaban J connectivity index is 1.94. The maximum atomic E-state index is 13.9.